The van der Waals surface area contributed by atoms with Crippen LogP contribution in [0.25, 0.3) is 33.2 Å². The molecule has 3 aromatic heterocycles. The number of nitrogens with zero attached hydrogens (tertiary/aromatic N) is 4. The molecule has 7 heteroatoms. The van der Waals surface area contributed by atoms with Crippen molar-refractivity contribution in [3.8, 4) is 17.4 Å². The van der Waals surface area contributed by atoms with E-state index in [1.54, 1.807) is 12.4 Å². The minimum absolute atomic E-state index is 0.470. The normalized spacial score (nSPS) is 14.9. The van der Waals surface area contributed by atoms with E-state index in [1.807, 2.05) is 24.4 Å². The molecule has 1 fully saturated rings. The minimum atomic E-state index is 0.470. The maximum absolute atomic E-state index is 9.85. The van der Waals surface area contributed by atoms with Gasteiger partial charge in [0.2, 0.25) is 0 Å². The molecule has 0 bridgehead atoms. The van der Waals surface area contributed by atoms with Gasteiger partial charge in [-0.05, 0) is 61.5 Å². The molecule has 6 rings (SSSR count). The summed E-state index contributed by atoms with van der Waals surface area (Å²) >= 11 is 0. The summed E-state index contributed by atoms with van der Waals surface area (Å²) in [5.74, 6) is 0.689. The Hall–Kier alpha value is -4.12. The fourth-order valence-corrected chi connectivity index (χ4v) is 4.93. The molecular formula is C29H28N6O. The van der Waals surface area contributed by atoms with Crippen LogP contribution >= 0.6 is 0 Å². The average Bonchev–Trinajstić information content (AvgIpc) is 3.52. The van der Waals surface area contributed by atoms with Crippen molar-refractivity contribution in [2.45, 2.75) is 13.5 Å². The highest BCUT2D eigenvalue weighted by atomic mass is 16.3. The van der Waals surface area contributed by atoms with Gasteiger partial charge in [0, 0.05) is 73.3 Å². The first kappa shape index (κ1) is 22.4. The second-order valence-corrected chi connectivity index (χ2v) is 9.64. The number of H-pyrrole nitrogens is 1. The molecule has 1 aliphatic heterocycles. The third-order valence-electron chi connectivity index (χ3n) is 7.07. The van der Waals surface area contributed by atoms with Gasteiger partial charge in [0.25, 0.3) is 0 Å². The number of furan rings is 1. The average molecular weight is 477 g/mol. The molecule has 1 saturated heterocycles. The van der Waals surface area contributed by atoms with E-state index >= 15 is 0 Å². The van der Waals surface area contributed by atoms with E-state index in [2.05, 4.69) is 69.4 Å². The van der Waals surface area contributed by atoms with Crippen LogP contribution in [-0.2, 0) is 6.54 Å². The van der Waals surface area contributed by atoms with Gasteiger partial charge in [0.15, 0.2) is 0 Å². The van der Waals surface area contributed by atoms with Gasteiger partial charge in [-0.15, -0.1) is 0 Å². The summed E-state index contributed by atoms with van der Waals surface area (Å²) in [7, 11) is 2.18. The molecule has 2 N–H and O–H groups in total. The Morgan fingerprint density at radius 2 is 1.92 bits per heavy atom. The number of rotatable bonds is 5. The number of hydrogen-bond acceptors (Lipinski definition) is 6. The molecule has 0 aliphatic carbocycles. The van der Waals surface area contributed by atoms with Crippen LogP contribution in [0.3, 0.4) is 0 Å². The quantitative estimate of drug-likeness (QED) is 0.341. The molecule has 0 amide bonds. The van der Waals surface area contributed by atoms with E-state index in [4.69, 9.17) is 4.42 Å². The lowest BCUT2D eigenvalue weighted by molar-refractivity contribution is 0.148. The Balaban J connectivity index is 1.35. The van der Waals surface area contributed by atoms with Gasteiger partial charge >= 0.3 is 0 Å². The molecule has 36 heavy (non-hydrogen) atoms. The van der Waals surface area contributed by atoms with E-state index < -0.39 is 0 Å². The number of benzene rings is 2. The van der Waals surface area contributed by atoms with Crippen molar-refractivity contribution < 1.29 is 4.42 Å². The number of aryl methyl sites for hydroxylation is 1. The highest BCUT2D eigenvalue weighted by molar-refractivity contribution is 5.91. The van der Waals surface area contributed by atoms with Crippen molar-refractivity contribution in [3.63, 3.8) is 0 Å². The first-order valence-electron chi connectivity index (χ1n) is 12.2. The van der Waals surface area contributed by atoms with E-state index in [9.17, 15) is 5.26 Å². The van der Waals surface area contributed by atoms with E-state index in [0.29, 0.717) is 17.0 Å². The van der Waals surface area contributed by atoms with Gasteiger partial charge < -0.3 is 19.6 Å². The van der Waals surface area contributed by atoms with Crippen molar-refractivity contribution in [1.29, 1.82) is 5.26 Å². The summed E-state index contributed by atoms with van der Waals surface area (Å²) in [5.41, 5.74) is 7.13. The molecule has 7 nitrogen and oxygen atoms in total. The molecule has 0 unspecified atom stereocenters. The largest absolute Gasteiger partial charge is 0.456 e. The van der Waals surface area contributed by atoms with Crippen molar-refractivity contribution in [1.82, 2.24) is 19.8 Å². The van der Waals surface area contributed by atoms with Crippen LogP contribution in [0.15, 0.2) is 65.5 Å². The minimum Gasteiger partial charge on any atom is -0.456 e. The molecule has 0 spiro atoms. The lowest BCUT2D eigenvalue weighted by Gasteiger charge is -2.32. The van der Waals surface area contributed by atoms with Crippen LogP contribution < -0.4 is 5.32 Å². The SMILES string of the molecule is Cc1cc2[nH]ccc2cc1Nc1c(C#N)cncc1-c1cc2cc(CN3CCN(C)CC3)ccc2o1. The summed E-state index contributed by atoms with van der Waals surface area (Å²) in [5, 5.41) is 15.5. The zero-order chi connectivity index (χ0) is 24.6. The summed E-state index contributed by atoms with van der Waals surface area (Å²) in [6, 6.07) is 17.0. The third kappa shape index (κ3) is 4.22. The Bertz CT molecular complexity index is 1600. The summed E-state index contributed by atoms with van der Waals surface area (Å²) in [6.07, 6.45) is 5.28. The van der Waals surface area contributed by atoms with Gasteiger partial charge in [-0.2, -0.15) is 5.26 Å². The van der Waals surface area contributed by atoms with Gasteiger partial charge in [-0.25, -0.2) is 0 Å². The number of nitriles is 1. The number of nitrogens with one attached hydrogen (secondary N) is 2. The van der Waals surface area contributed by atoms with Gasteiger partial charge in [-0.3, -0.25) is 9.88 Å². The molecule has 4 heterocycles. The van der Waals surface area contributed by atoms with Crippen molar-refractivity contribution in [3.05, 3.63) is 77.7 Å². The number of likely N-dealkylation sites (N-methyl/N-ethyl adjacent to an activating group) is 1. The van der Waals surface area contributed by atoms with E-state index in [0.717, 1.165) is 71.4 Å². The highest BCUT2D eigenvalue weighted by Crippen LogP contribution is 2.37. The Morgan fingerprint density at radius 1 is 1.06 bits per heavy atom. The summed E-state index contributed by atoms with van der Waals surface area (Å²) in [6.45, 7) is 7.36. The first-order chi connectivity index (χ1) is 17.6. The molecule has 5 aromatic rings. The topological polar surface area (TPSA) is 84.1 Å². The third-order valence-corrected chi connectivity index (χ3v) is 7.07. The fourth-order valence-electron chi connectivity index (χ4n) is 4.93. The van der Waals surface area contributed by atoms with E-state index in [1.165, 1.54) is 5.56 Å². The monoisotopic (exact) mass is 476 g/mol. The standard InChI is InChI=1S/C29H28N6O/c1-19-11-26-21(5-6-32-26)13-25(19)33-29-23(15-30)16-31-17-24(29)28-14-22-12-20(3-4-27(22)36-28)18-35-9-7-34(2)8-10-35/h3-6,11-14,16-17,32H,7-10,18H2,1-2H3,(H,31,33). The predicted octanol–water partition coefficient (Wildman–Crippen LogP) is 5.65. The number of aromatic amines is 1. The molecular weight excluding hydrogens is 448 g/mol. The Labute approximate surface area is 210 Å². The van der Waals surface area contributed by atoms with Crippen molar-refractivity contribution in [2.24, 2.45) is 0 Å². The lowest BCUT2D eigenvalue weighted by atomic mass is 10.1. The number of pyridine rings is 1. The van der Waals surface area contributed by atoms with Crippen molar-refractivity contribution in [2.75, 3.05) is 38.5 Å². The van der Waals surface area contributed by atoms with Crippen LogP contribution in [-0.4, -0.2) is 53.0 Å². The van der Waals surface area contributed by atoms with Gasteiger partial charge in [-0.1, -0.05) is 6.07 Å². The number of hydrogen-bond donors (Lipinski definition) is 2. The highest BCUT2D eigenvalue weighted by Gasteiger charge is 2.18. The molecule has 0 atom stereocenters. The lowest BCUT2D eigenvalue weighted by Crippen LogP contribution is -2.43. The maximum atomic E-state index is 9.85. The van der Waals surface area contributed by atoms with Gasteiger partial charge in [0.05, 0.1) is 16.8 Å². The molecule has 1 aliphatic rings. The van der Waals surface area contributed by atoms with Crippen molar-refractivity contribution >= 4 is 33.2 Å². The van der Waals surface area contributed by atoms with E-state index in [-0.39, 0.29) is 0 Å². The van der Waals surface area contributed by atoms with Crippen LogP contribution in [0.1, 0.15) is 16.7 Å². The van der Waals surface area contributed by atoms with Crippen LogP contribution in [0.4, 0.5) is 11.4 Å². The zero-order valence-corrected chi connectivity index (χ0v) is 20.5. The second-order valence-electron chi connectivity index (χ2n) is 9.64. The maximum Gasteiger partial charge on any atom is 0.139 e. The second kappa shape index (κ2) is 9.15. The Morgan fingerprint density at radius 3 is 2.75 bits per heavy atom. The van der Waals surface area contributed by atoms with Gasteiger partial charge in [0.1, 0.15) is 17.4 Å². The molecule has 0 radical (unpaired) electrons. The summed E-state index contributed by atoms with van der Waals surface area (Å²) in [4.78, 5) is 12.4. The zero-order valence-electron chi connectivity index (χ0n) is 20.5. The number of piperazine rings is 1. The smallest absolute Gasteiger partial charge is 0.139 e. The number of anilines is 2. The first-order valence-corrected chi connectivity index (χ1v) is 12.2. The number of aromatic nitrogens is 2. The Kier molecular flexibility index (Phi) is 5.68. The summed E-state index contributed by atoms with van der Waals surface area (Å²) < 4.78 is 6.26. The van der Waals surface area contributed by atoms with Crippen LogP contribution in [0.2, 0.25) is 0 Å². The fraction of sp³-hybridized carbons (Fsp3) is 0.241. The molecule has 0 saturated carbocycles. The number of fused-ring (bicyclic) bond motifs is 2. The predicted molar refractivity (Wildman–Crippen MR) is 143 cm³/mol. The van der Waals surface area contributed by atoms with Crippen LogP contribution in [0.5, 0.6) is 0 Å². The molecule has 180 valence electrons. The molecule has 2 aromatic carbocycles. The van der Waals surface area contributed by atoms with Crippen LogP contribution in [0, 0.1) is 18.3 Å².